The van der Waals surface area contributed by atoms with Crippen LogP contribution in [0.15, 0.2) is 40.9 Å². The molecule has 0 bridgehead atoms. The molecule has 19 heavy (non-hydrogen) atoms. The largest absolute Gasteiger partial charge is 0.294 e. The molecule has 0 saturated heterocycles. The van der Waals surface area contributed by atoms with Crippen molar-refractivity contribution in [2.24, 2.45) is 0 Å². The third kappa shape index (κ3) is 3.23. The van der Waals surface area contributed by atoms with Crippen molar-refractivity contribution >= 4 is 21.7 Å². The van der Waals surface area contributed by atoms with Crippen LogP contribution in [0.5, 0.6) is 0 Å². The molecule has 98 valence electrons. The summed E-state index contributed by atoms with van der Waals surface area (Å²) >= 11 is 3.06. The highest BCUT2D eigenvalue weighted by Gasteiger charge is 2.15. The molecule has 2 aromatic carbocycles. The maximum atomic E-state index is 13.4. The van der Waals surface area contributed by atoms with Gasteiger partial charge in [-0.05, 0) is 30.3 Å². The first-order valence-electron chi connectivity index (χ1n) is 5.39. The number of carbonyl (C=O) groups excluding carboxylic acids is 1. The van der Waals surface area contributed by atoms with Gasteiger partial charge in [0.15, 0.2) is 5.78 Å². The van der Waals surface area contributed by atoms with E-state index < -0.39 is 29.7 Å². The van der Waals surface area contributed by atoms with E-state index >= 15 is 0 Å². The Morgan fingerprint density at radius 2 is 1.68 bits per heavy atom. The minimum Gasteiger partial charge on any atom is -0.294 e. The molecule has 0 unspecified atom stereocenters. The SMILES string of the molecule is O=C(Cc1c(F)cccc1F)c1cc(F)cc(Br)c1. The maximum Gasteiger partial charge on any atom is 0.167 e. The number of hydrogen-bond donors (Lipinski definition) is 0. The smallest absolute Gasteiger partial charge is 0.167 e. The van der Waals surface area contributed by atoms with Gasteiger partial charge >= 0.3 is 0 Å². The van der Waals surface area contributed by atoms with E-state index in [1.54, 1.807) is 0 Å². The van der Waals surface area contributed by atoms with Crippen LogP contribution in [0.25, 0.3) is 0 Å². The normalized spacial score (nSPS) is 10.5. The number of rotatable bonds is 3. The Morgan fingerprint density at radius 1 is 1.05 bits per heavy atom. The number of carbonyl (C=O) groups is 1. The molecule has 0 aliphatic rings. The number of benzene rings is 2. The van der Waals surface area contributed by atoms with Gasteiger partial charge in [0.25, 0.3) is 0 Å². The van der Waals surface area contributed by atoms with Crippen LogP contribution in [0.3, 0.4) is 0 Å². The highest BCUT2D eigenvalue weighted by molar-refractivity contribution is 9.10. The van der Waals surface area contributed by atoms with E-state index in [-0.39, 0.29) is 11.1 Å². The molecule has 0 heterocycles. The maximum absolute atomic E-state index is 13.4. The molecule has 0 radical (unpaired) electrons. The van der Waals surface area contributed by atoms with Gasteiger partial charge in [0.1, 0.15) is 17.5 Å². The third-order valence-corrected chi connectivity index (χ3v) is 3.04. The second-order valence-corrected chi connectivity index (χ2v) is 4.87. The summed E-state index contributed by atoms with van der Waals surface area (Å²) in [6, 6.07) is 7.01. The molecule has 0 amide bonds. The van der Waals surface area contributed by atoms with Gasteiger partial charge in [-0.25, -0.2) is 13.2 Å². The fourth-order valence-corrected chi connectivity index (χ4v) is 2.14. The molecule has 1 nitrogen and oxygen atoms in total. The summed E-state index contributed by atoms with van der Waals surface area (Å²) in [6.45, 7) is 0. The Balaban J connectivity index is 2.31. The Kier molecular flexibility index (Phi) is 4.04. The van der Waals surface area contributed by atoms with Gasteiger partial charge in [0, 0.05) is 22.0 Å². The van der Waals surface area contributed by atoms with Gasteiger partial charge in [-0.2, -0.15) is 0 Å². The van der Waals surface area contributed by atoms with Crippen LogP contribution >= 0.6 is 15.9 Å². The van der Waals surface area contributed by atoms with Crippen LogP contribution in [0, 0.1) is 17.5 Å². The first-order chi connectivity index (χ1) is 8.97. The molecule has 2 rings (SSSR count). The van der Waals surface area contributed by atoms with Crippen molar-refractivity contribution in [1.29, 1.82) is 0 Å². The zero-order valence-corrected chi connectivity index (χ0v) is 11.2. The third-order valence-electron chi connectivity index (χ3n) is 2.58. The number of hydrogen-bond acceptors (Lipinski definition) is 1. The molecular formula is C14H8BrF3O. The lowest BCUT2D eigenvalue weighted by molar-refractivity contribution is 0.0990. The van der Waals surface area contributed by atoms with Crippen LogP contribution in [0.4, 0.5) is 13.2 Å². The fraction of sp³-hybridized carbons (Fsp3) is 0.0714. The van der Waals surface area contributed by atoms with Gasteiger partial charge in [-0.15, -0.1) is 0 Å². The molecule has 0 fully saturated rings. The number of Topliss-reactive ketones (excluding diaryl/α,β-unsaturated/α-hetero) is 1. The summed E-state index contributed by atoms with van der Waals surface area (Å²) < 4.78 is 40.4. The molecule has 0 spiro atoms. The Morgan fingerprint density at radius 3 is 2.26 bits per heavy atom. The van der Waals surface area contributed by atoms with Crippen LogP contribution < -0.4 is 0 Å². The molecular weight excluding hydrogens is 321 g/mol. The molecule has 0 saturated carbocycles. The average molecular weight is 329 g/mol. The monoisotopic (exact) mass is 328 g/mol. The minimum atomic E-state index is -0.788. The number of halogens is 4. The van der Waals surface area contributed by atoms with Gasteiger partial charge < -0.3 is 0 Å². The van der Waals surface area contributed by atoms with Crippen molar-refractivity contribution in [1.82, 2.24) is 0 Å². The van der Waals surface area contributed by atoms with E-state index in [1.807, 2.05) is 0 Å². The predicted octanol–water partition coefficient (Wildman–Crippen LogP) is 4.29. The van der Waals surface area contributed by atoms with Crippen molar-refractivity contribution in [3.8, 4) is 0 Å². The van der Waals surface area contributed by atoms with Gasteiger partial charge in [0.05, 0.1) is 0 Å². The molecule has 5 heteroatoms. The van der Waals surface area contributed by atoms with Crippen LogP contribution in [0.2, 0.25) is 0 Å². The topological polar surface area (TPSA) is 17.1 Å². The van der Waals surface area contributed by atoms with Crippen molar-refractivity contribution in [2.45, 2.75) is 6.42 Å². The molecule has 0 atom stereocenters. The van der Waals surface area contributed by atoms with Crippen LogP contribution in [-0.4, -0.2) is 5.78 Å². The Bertz CT molecular complexity index is 600. The molecule has 0 aliphatic heterocycles. The van der Waals surface area contributed by atoms with Crippen LogP contribution in [0.1, 0.15) is 15.9 Å². The van der Waals surface area contributed by atoms with Crippen molar-refractivity contribution < 1.29 is 18.0 Å². The lowest BCUT2D eigenvalue weighted by Crippen LogP contribution is -2.07. The molecule has 0 aliphatic carbocycles. The predicted molar refractivity (Wildman–Crippen MR) is 68.5 cm³/mol. The molecule has 0 N–H and O–H groups in total. The minimum absolute atomic E-state index is 0.0644. The Hall–Kier alpha value is -1.62. The number of ketones is 1. The van der Waals surface area contributed by atoms with E-state index in [1.165, 1.54) is 18.2 Å². The zero-order valence-electron chi connectivity index (χ0n) is 9.59. The average Bonchev–Trinajstić information content (AvgIpc) is 2.32. The summed E-state index contributed by atoms with van der Waals surface area (Å²) in [5.41, 5.74) is -0.248. The second-order valence-electron chi connectivity index (χ2n) is 3.96. The van der Waals surface area contributed by atoms with Gasteiger partial charge in [-0.1, -0.05) is 22.0 Å². The van der Waals surface area contributed by atoms with Crippen molar-refractivity contribution in [2.75, 3.05) is 0 Å². The van der Waals surface area contributed by atoms with E-state index in [4.69, 9.17) is 0 Å². The Labute approximate surface area is 116 Å². The summed E-state index contributed by atoms with van der Waals surface area (Å²) in [6.07, 6.45) is -0.450. The van der Waals surface area contributed by atoms with E-state index in [0.717, 1.165) is 18.2 Å². The quantitative estimate of drug-likeness (QED) is 0.768. The summed E-state index contributed by atoms with van der Waals surface area (Å²) in [4.78, 5) is 11.9. The summed E-state index contributed by atoms with van der Waals surface area (Å²) in [5, 5.41) is 0. The highest BCUT2D eigenvalue weighted by Crippen LogP contribution is 2.19. The summed E-state index contributed by atoms with van der Waals surface area (Å²) in [5.74, 6) is -2.72. The van der Waals surface area contributed by atoms with E-state index in [9.17, 15) is 18.0 Å². The molecule has 2 aromatic rings. The standard InChI is InChI=1S/C14H8BrF3O/c15-9-4-8(5-10(16)6-9)14(19)7-11-12(17)2-1-3-13(11)18/h1-6H,7H2. The van der Waals surface area contributed by atoms with Crippen molar-refractivity contribution in [3.05, 3.63) is 69.4 Å². The lowest BCUT2D eigenvalue weighted by Gasteiger charge is -2.05. The highest BCUT2D eigenvalue weighted by atomic mass is 79.9. The van der Waals surface area contributed by atoms with Crippen LogP contribution in [-0.2, 0) is 6.42 Å². The van der Waals surface area contributed by atoms with E-state index in [0.29, 0.717) is 4.47 Å². The van der Waals surface area contributed by atoms with Gasteiger partial charge in [0.2, 0.25) is 0 Å². The van der Waals surface area contributed by atoms with Gasteiger partial charge in [-0.3, -0.25) is 4.79 Å². The summed E-state index contributed by atoms with van der Waals surface area (Å²) in [7, 11) is 0. The van der Waals surface area contributed by atoms with E-state index in [2.05, 4.69) is 15.9 Å². The molecule has 0 aromatic heterocycles. The lowest BCUT2D eigenvalue weighted by atomic mass is 10.0. The zero-order chi connectivity index (χ0) is 14.0. The fourth-order valence-electron chi connectivity index (χ4n) is 1.68. The first kappa shape index (κ1) is 13.8. The second kappa shape index (κ2) is 5.57. The van der Waals surface area contributed by atoms with Crippen molar-refractivity contribution in [3.63, 3.8) is 0 Å². The first-order valence-corrected chi connectivity index (χ1v) is 6.19.